The summed E-state index contributed by atoms with van der Waals surface area (Å²) >= 11 is 0. The van der Waals surface area contributed by atoms with Gasteiger partial charge in [-0.3, -0.25) is 0 Å². The van der Waals surface area contributed by atoms with Crippen LogP contribution < -0.4 is 10.2 Å². The van der Waals surface area contributed by atoms with Gasteiger partial charge >= 0.3 is 0 Å². The first kappa shape index (κ1) is 13.9. The summed E-state index contributed by atoms with van der Waals surface area (Å²) in [6.07, 6.45) is 5.64. The molecule has 2 aliphatic rings. The largest absolute Gasteiger partial charge is 0.374 e. The molecular weight excluding hydrogens is 248 g/mol. The third kappa shape index (κ3) is 2.70. The molecule has 1 heterocycles. The number of morpholine rings is 1. The lowest BCUT2D eigenvalue weighted by Gasteiger charge is -2.45. The highest BCUT2D eigenvalue weighted by Gasteiger charge is 2.34. The highest BCUT2D eigenvalue weighted by Crippen LogP contribution is 2.33. The Kier molecular flexibility index (Phi) is 4.27. The fraction of sp³-hybridized carbons (Fsp3) is 0.647. The lowest BCUT2D eigenvalue weighted by molar-refractivity contribution is -0.00871. The molecule has 0 radical (unpaired) electrons. The van der Waals surface area contributed by atoms with Crippen LogP contribution in [0.1, 0.15) is 36.8 Å². The van der Waals surface area contributed by atoms with E-state index in [1.807, 2.05) is 7.05 Å². The third-order valence-electron chi connectivity index (χ3n) is 4.68. The van der Waals surface area contributed by atoms with Crippen molar-refractivity contribution < 1.29 is 4.74 Å². The predicted octanol–water partition coefficient (Wildman–Crippen LogP) is 2.86. The van der Waals surface area contributed by atoms with Crippen LogP contribution in [0.15, 0.2) is 18.2 Å². The van der Waals surface area contributed by atoms with Crippen molar-refractivity contribution >= 4 is 5.69 Å². The third-order valence-corrected chi connectivity index (χ3v) is 4.68. The number of rotatable bonds is 3. The van der Waals surface area contributed by atoms with E-state index in [0.717, 1.165) is 19.7 Å². The maximum Gasteiger partial charge on any atom is 0.0779 e. The Morgan fingerprint density at radius 2 is 2.15 bits per heavy atom. The van der Waals surface area contributed by atoms with Gasteiger partial charge in [-0.1, -0.05) is 25.0 Å². The van der Waals surface area contributed by atoms with Crippen LogP contribution in [0, 0.1) is 6.92 Å². The number of anilines is 1. The van der Waals surface area contributed by atoms with Crippen LogP contribution >= 0.6 is 0 Å². The number of ether oxygens (including phenoxy) is 1. The van der Waals surface area contributed by atoms with E-state index in [1.165, 1.54) is 42.5 Å². The number of aryl methyl sites for hydroxylation is 1. The van der Waals surface area contributed by atoms with Gasteiger partial charge in [0.15, 0.2) is 0 Å². The summed E-state index contributed by atoms with van der Waals surface area (Å²) in [5.74, 6) is 0. The summed E-state index contributed by atoms with van der Waals surface area (Å²) in [5.41, 5.74) is 4.16. The molecule has 1 aromatic rings. The van der Waals surface area contributed by atoms with Crippen molar-refractivity contribution in [3.05, 3.63) is 29.3 Å². The molecular formula is C17H26N2O. The van der Waals surface area contributed by atoms with Crippen molar-refractivity contribution in [3.63, 3.8) is 0 Å². The van der Waals surface area contributed by atoms with Crippen LogP contribution in [0.5, 0.6) is 0 Å². The molecule has 1 saturated heterocycles. The SMILES string of the molecule is CNCc1ccc(N2CCOC3CCCCC32)c(C)c1. The Labute approximate surface area is 122 Å². The fourth-order valence-electron chi connectivity index (χ4n) is 3.75. The van der Waals surface area contributed by atoms with Gasteiger partial charge in [-0.2, -0.15) is 0 Å². The Morgan fingerprint density at radius 1 is 1.30 bits per heavy atom. The highest BCUT2D eigenvalue weighted by molar-refractivity contribution is 5.56. The molecule has 1 aliphatic carbocycles. The minimum absolute atomic E-state index is 0.453. The second kappa shape index (κ2) is 6.15. The van der Waals surface area contributed by atoms with E-state index in [9.17, 15) is 0 Å². The number of fused-ring (bicyclic) bond motifs is 1. The number of benzene rings is 1. The van der Waals surface area contributed by atoms with Crippen molar-refractivity contribution in [3.8, 4) is 0 Å². The molecule has 3 nitrogen and oxygen atoms in total. The molecule has 0 bridgehead atoms. The molecule has 1 saturated carbocycles. The Bertz CT molecular complexity index is 458. The minimum atomic E-state index is 0.453. The number of nitrogens with one attached hydrogen (secondary N) is 1. The molecule has 1 N–H and O–H groups in total. The normalized spacial score (nSPS) is 26.4. The molecule has 1 aliphatic heterocycles. The molecule has 3 rings (SSSR count). The summed E-state index contributed by atoms with van der Waals surface area (Å²) in [7, 11) is 2.00. The molecule has 0 amide bonds. The van der Waals surface area contributed by atoms with Crippen LogP contribution in [0.2, 0.25) is 0 Å². The lowest BCUT2D eigenvalue weighted by Crippen LogP contribution is -2.53. The van der Waals surface area contributed by atoms with Crippen LogP contribution in [-0.4, -0.2) is 32.3 Å². The Morgan fingerprint density at radius 3 is 2.95 bits per heavy atom. The maximum atomic E-state index is 5.98. The van der Waals surface area contributed by atoms with E-state index < -0.39 is 0 Å². The first-order valence-electron chi connectivity index (χ1n) is 7.92. The average Bonchev–Trinajstić information content (AvgIpc) is 2.47. The number of nitrogens with zero attached hydrogens (tertiary/aromatic N) is 1. The molecule has 1 aromatic carbocycles. The van der Waals surface area contributed by atoms with Gasteiger partial charge in [0.1, 0.15) is 0 Å². The summed E-state index contributed by atoms with van der Waals surface area (Å²) in [6.45, 7) is 5.09. The highest BCUT2D eigenvalue weighted by atomic mass is 16.5. The number of hydrogen-bond donors (Lipinski definition) is 1. The van der Waals surface area contributed by atoms with E-state index in [4.69, 9.17) is 4.74 Å². The second-order valence-corrected chi connectivity index (χ2v) is 6.11. The standard InChI is InChI=1S/C17H26N2O/c1-13-11-14(12-18-2)7-8-15(13)19-9-10-20-17-6-4-3-5-16(17)19/h7-8,11,16-18H,3-6,9-10,12H2,1-2H3. The van der Waals surface area contributed by atoms with Crippen molar-refractivity contribution in [1.29, 1.82) is 0 Å². The molecule has 0 aromatic heterocycles. The van der Waals surface area contributed by atoms with E-state index in [-0.39, 0.29) is 0 Å². The Balaban J connectivity index is 1.83. The zero-order valence-corrected chi connectivity index (χ0v) is 12.7. The van der Waals surface area contributed by atoms with E-state index in [2.05, 4.69) is 35.3 Å². The zero-order valence-electron chi connectivity index (χ0n) is 12.7. The van der Waals surface area contributed by atoms with Crippen LogP contribution in [0.25, 0.3) is 0 Å². The summed E-state index contributed by atoms with van der Waals surface area (Å²) in [4.78, 5) is 2.60. The topological polar surface area (TPSA) is 24.5 Å². The van der Waals surface area contributed by atoms with Crippen LogP contribution in [0.4, 0.5) is 5.69 Å². The molecule has 20 heavy (non-hydrogen) atoms. The van der Waals surface area contributed by atoms with Gasteiger partial charge in [-0.15, -0.1) is 0 Å². The van der Waals surface area contributed by atoms with Gasteiger partial charge in [0, 0.05) is 18.8 Å². The summed E-state index contributed by atoms with van der Waals surface area (Å²) < 4.78 is 5.98. The van der Waals surface area contributed by atoms with Crippen molar-refractivity contribution in [1.82, 2.24) is 5.32 Å². The first-order valence-corrected chi connectivity index (χ1v) is 7.92. The molecule has 2 unspecified atom stereocenters. The maximum absolute atomic E-state index is 5.98. The monoisotopic (exact) mass is 274 g/mol. The smallest absolute Gasteiger partial charge is 0.0779 e. The van der Waals surface area contributed by atoms with E-state index in [0.29, 0.717) is 12.1 Å². The Hall–Kier alpha value is -1.06. The van der Waals surface area contributed by atoms with Gasteiger partial charge in [-0.25, -0.2) is 0 Å². The van der Waals surface area contributed by atoms with Gasteiger partial charge in [0.05, 0.1) is 18.8 Å². The average molecular weight is 274 g/mol. The van der Waals surface area contributed by atoms with Gasteiger partial charge in [0.25, 0.3) is 0 Å². The first-order chi connectivity index (χ1) is 9.79. The quantitative estimate of drug-likeness (QED) is 0.917. The van der Waals surface area contributed by atoms with E-state index >= 15 is 0 Å². The summed E-state index contributed by atoms with van der Waals surface area (Å²) in [5, 5.41) is 3.22. The molecule has 2 atom stereocenters. The molecule has 0 spiro atoms. The lowest BCUT2D eigenvalue weighted by atomic mass is 9.89. The van der Waals surface area contributed by atoms with Crippen molar-refractivity contribution in [2.75, 3.05) is 25.1 Å². The second-order valence-electron chi connectivity index (χ2n) is 6.11. The summed E-state index contributed by atoms with van der Waals surface area (Å²) in [6, 6.07) is 7.47. The van der Waals surface area contributed by atoms with Crippen molar-refractivity contribution in [2.45, 2.75) is 51.3 Å². The van der Waals surface area contributed by atoms with Gasteiger partial charge in [-0.05, 0) is 44.0 Å². The minimum Gasteiger partial charge on any atom is -0.374 e. The number of hydrogen-bond acceptors (Lipinski definition) is 3. The van der Waals surface area contributed by atoms with Crippen LogP contribution in [0.3, 0.4) is 0 Å². The molecule has 2 fully saturated rings. The van der Waals surface area contributed by atoms with Crippen molar-refractivity contribution in [2.24, 2.45) is 0 Å². The molecule has 3 heteroatoms. The predicted molar refractivity (Wildman–Crippen MR) is 83.3 cm³/mol. The van der Waals surface area contributed by atoms with E-state index in [1.54, 1.807) is 0 Å². The fourth-order valence-corrected chi connectivity index (χ4v) is 3.75. The zero-order chi connectivity index (χ0) is 13.9. The van der Waals surface area contributed by atoms with Crippen LogP contribution in [-0.2, 0) is 11.3 Å². The molecule has 110 valence electrons. The van der Waals surface area contributed by atoms with Gasteiger partial charge in [0.2, 0.25) is 0 Å². The van der Waals surface area contributed by atoms with Gasteiger partial charge < -0.3 is 15.0 Å².